The maximum Gasteiger partial charge on any atom is 0.251 e. The summed E-state index contributed by atoms with van der Waals surface area (Å²) in [6.07, 6.45) is 0.653. The molecule has 2 amide bonds. The second-order valence-electron chi connectivity index (χ2n) is 8.44. The number of rotatable bonds is 7. The number of hydrogen-bond acceptors (Lipinski definition) is 4. The van der Waals surface area contributed by atoms with E-state index in [-0.39, 0.29) is 23.3 Å². The quantitative estimate of drug-likeness (QED) is 0.487. The fraction of sp³-hybridized carbons (Fsp3) is 0.231. The molecule has 4 rings (SSSR count). The van der Waals surface area contributed by atoms with E-state index in [1.807, 2.05) is 43.3 Å². The van der Waals surface area contributed by atoms with E-state index in [9.17, 15) is 18.0 Å². The van der Waals surface area contributed by atoms with Gasteiger partial charge in [0.15, 0.2) is 0 Å². The highest BCUT2D eigenvalue weighted by atomic mass is 32.2. The maximum absolute atomic E-state index is 13.1. The van der Waals surface area contributed by atoms with Gasteiger partial charge < -0.3 is 10.6 Å². The summed E-state index contributed by atoms with van der Waals surface area (Å²) >= 11 is 0. The molecule has 1 aliphatic heterocycles. The van der Waals surface area contributed by atoms with E-state index in [1.54, 1.807) is 37.3 Å². The van der Waals surface area contributed by atoms with Gasteiger partial charge in [-0.15, -0.1) is 0 Å². The van der Waals surface area contributed by atoms with Crippen LogP contribution in [0.3, 0.4) is 0 Å². The van der Waals surface area contributed by atoms with Gasteiger partial charge in [-0.25, -0.2) is 13.1 Å². The van der Waals surface area contributed by atoms with Crippen LogP contribution in [0.5, 0.6) is 0 Å². The monoisotopic (exact) mass is 477 g/mol. The Morgan fingerprint density at radius 3 is 2.53 bits per heavy atom. The zero-order valence-corrected chi connectivity index (χ0v) is 19.9. The van der Waals surface area contributed by atoms with Crippen LogP contribution >= 0.6 is 0 Å². The molecular weight excluding hydrogens is 450 g/mol. The normalized spacial score (nSPS) is 14.1. The van der Waals surface area contributed by atoms with Gasteiger partial charge >= 0.3 is 0 Å². The number of aryl methyl sites for hydroxylation is 2. The molecule has 0 saturated heterocycles. The standard InChI is InChI=1S/C26H27N3O4S/c1-17-8-11-24(18(2)14-17)34(32,33)28-16-23(19-6-4-3-5-7-19)29-25(30)21-9-10-22-20(15-21)12-13-27-26(22)31/h3-11,14-15,23,28H,12-13,16H2,1-2H3,(H,27,31)(H,29,30). The summed E-state index contributed by atoms with van der Waals surface area (Å²) in [7, 11) is -3.78. The lowest BCUT2D eigenvalue weighted by atomic mass is 9.97. The van der Waals surface area contributed by atoms with Crippen molar-refractivity contribution in [1.82, 2.24) is 15.4 Å². The van der Waals surface area contributed by atoms with Gasteiger partial charge in [0, 0.05) is 24.2 Å². The lowest BCUT2D eigenvalue weighted by Gasteiger charge is -2.21. The number of sulfonamides is 1. The summed E-state index contributed by atoms with van der Waals surface area (Å²) in [5.41, 5.74) is 4.23. The molecule has 0 saturated carbocycles. The first-order valence-corrected chi connectivity index (χ1v) is 12.6. The lowest BCUT2D eigenvalue weighted by molar-refractivity contribution is 0.0927. The molecule has 0 aromatic heterocycles. The molecule has 1 heterocycles. The molecule has 1 atom stereocenters. The van der Waals surface area contributed by atoms with Crippen LogP contribution in [0.2, 0.25) is 0 Å². The molecule has 34 heavy (non-hydrogen) atoms. The first-order valence-electron chi connectivity index (χ1n) is 11.1. The highest BCUT2D eigenvalue weighted by Gasteiger charge is 2.23. The van der Waals surface area contributed by atoms with E-state index in [0.29, 0.717) is 29.7 Å². The van der Waals surface area contributed by atoms with Gasteiger partial charge in [-0.3, -0.25) is 9.59 Å². The molecule has 3 N–H and O–H groups in total. The van der Waals surface area contributed by atoms with E-state index >= 15 is 0 Å². The molecule has 0 radical (unpaired) electrons. The number of carbonyl (C=O) groups is 2. The van der Waals surface area contributed by atoms with Gasteiger partial charge in [0.1, 0.15) is 0 Å². The van der Waals surface area contributed by atoms with Crippen molar-refractivity contribution in [2.75, 3.05) is 13.1 Å². The number of benzene rings is 3. The third-order valence-electron chi connectivity index (χ3n) is 5.90. The van der Waals surface area contributed by atoms with Crippen molar-refractivity contribution in [1.29, 1.82) is 0 Å². The fourth-order valence-electron chi connectivity index (χ4n) is 4.12. The highest BCUT2D eigenvalue weighted by Crippen LogP contribution is 2.20. The average Bonchev–Trinajstić information content (AvgIpc) is 2.82. The molecule has 0 aliphatic carbocycles. The number of hydrogen-bond donors (Lipinski definition) is 3. The molecule has 7 nitrogen and oxygen atoms in total. The highest BCUT2D eigenvalue weighted by molar-refractivity contribution is 7.89. The minimum absolute atomic E-state index is 0.0151. The maximum atomic E-state index is 13.1. The molecule has 0 fully saturated rings. The molecule has 176 valence electrons. The van der Waals surface area contributed by atoms with Gasteiger partial charge in [-0.2, -0.15) is 0 Å². The molecule has 1 unspecified atom stereocenters. The van der Waals surface area contributed by atoms with Crippen molar-refractivity contribution in [3.63, 3.8) is 0 Å². The predicted molar refractivity (Wildman–Crippen MR) is 130 cm³/mol. The number of amides is 2. The van der Waals surface area contributed by atoms with Crippen molar-refractivity contribution >= 4 is 21.8 Å². The van der Waals surface area contributed by atoms with Crippen molar-refractivity contribution in [3.05, 3.63) is 100 Å². The SMILES string of the molecule is Cc1ccc(S(=O)(=O)NCC(NC(=O)c2ccc3c(c2)CCNC3=O)c2ccccc2)c(C)c1. The molecule has 8 heteroatoms. The lowest BCUT2D eigenvalue weighted by Crippen LogP contribution is -2.38. The smallest absolute Gasteiger partial charge is 0.251 e. The van der Waals surface area contributed by atoms with Crippen LogP contribution in [0.25, 0.3) is 0 Å². The molecular formula is C26H27N3O4S. The summed E-state index contributed by atoms with van der Waals surface area (Å²) < 4.78 is 28.6. The van der Waals surface area contributed by atoms with Gasteiger partial charge in [0.05, 0.1) is 10.9 Å². The van der Waals surface area contributed by atoms with Crippen LogP contribution < -0.4 is 15.4 Å². The third-order valence-corrected chi connectivity index (χ3v) is 7.48. The largest absolute Gasteiger partial charge is 0.352 e. The van der Waals surface area contributed by atoms with E-state index < -0.39 is 16.1 Å². The van der Waals surface area contributed by atoms with E-state index in [2.05, 4.69) is 15.4 Å². The Balaban J connectivity index is 1.55. The Hall–Kier alpha value is -3.49. The van der Waals surface area contributed by atoms with Crippen LogP contribution in [-0.4, -0.2) is 33.3 Å². The Kier molecular flexibility index (Phi) is 6.81. The van der Waals surface area contributed by atoms with Crippen molar-refractivity contribution in [2.24, 2.45) is 0 Å². The molecule has 1 aliphatic rings. The third kappa shape index (κ3) is 5.18. The molecule has 0 bridgehead atoms. The van der Waals surface area contributed by atoms with Crippen molar-refractivity contribution < 1.29 is 18.0 Å². The first-order chi connectivity index (χ1) is 16.2. The van der Waals surface area contributed by atoms with Gasteiger partial charge in [-0.05, 0) is 61.2 Å². The summed E-state index contributed by atoms with van der Waals surface area (Å²) in [5.74, 6) is -0.482. The predicted octanol–water partition coefficient (Wildman–Crippen LogP) is 3.04. The Labute approximate surface area is 199 Å². The summed E-state index contributed by atoms with van der Waals surface area (Å²) in [4.78, 5) is 25.3. The van der Waals surface area contributed by atoms with Crippen LogP contribution in [0.4, 0.5) is 0 Å². The van der Waals surface area contributed by atoms with Crippen molar-refractivity contribution in [2.45, 2.75) is 31.2 Å². The van der Waals surface area contributed by atoms with Crippen LogP contribution in [-0.2, 0) is 16.4 Å². The number of nitrogens with one attached hydrogen (secondary N) is 3. The van der Waals surface area contributed by atoms with E-state index in [1.165, 1.54) is 0 Å². The Morgan fingerprint density at radius 1 is 1.03 bits per heavy atom. The van der Waals surface area contributed by atoms with Crippen LogP contribution in [0.15, 0.2) is 71.6 Å². The Bertz CT molecular complexity index is 1340. The van der Waals surface area contributed by atoms with Crippen molar-refractivity contribution in [3.8, 4) is 0 Å². The number of carbonyl (C=O) groups excluding carboxylic acids is 2. The molecule has 0 spiro atoms. The van der Waals surface area contributed by atoms with Crippen LogP contribution in [0, 0.1) is 13.8 Å². The number of fused-ring (bicyclic) bond motifs is 1. The fourth-order valence-corrected chi connectivity index (χ4v) is 5.39. The zero-order chi connectivity index (χ0) is 24.3. The zero-order valence-electron chi connectivity index (χ0n) is 19.1. The van der Waals surface area contributed by atoms with Gasteiger partial charge in [0.25, 0.3) is 11.8 Å². The Morgan fingerprint density at radius 2 is 1.79 bits per heavy atom. The minimum Gasteiger partial charge on any atom is -0.352 e. The van der Waals surface area contributed by atoms with E-state index in [0.717, 1.165) is 16.7 Å². The topological polar surface area (TPSA) is 104 Å². The second kappa shape index (κ2) is 9.79. The van der Waals surface area contributed by atoms with Gasteiger partial charge in [-0.1, -0.05) is 48.0 Å². The van der Waals surface area contributed by atoms with Crippen LogP contribution in [0.1, 0.15) is 49.0 Å². The minimum atomic E-state index is -3.78. The second-order valence-corrected chi connectivity index (χ2v) is 10.2. The first kappa shape index (κ1) is 23.7. The molecule has 3 aromatic carbocycles. The average molecular weight is 478 g/mol. The summed E-state index contributed by atoms with van der Waals surface area (Å²) in [6.45, 7) is 4.18. The molecule has 3 aromatic rings. The van der Waals surface area contributed by atoms with Gasteiger partial charge in [0.2, 0.25) is 10.0 Å². The summed E-state index contributed by atoms with van der Waals surface area (Å²) in [6, 6.07) is 18.8. The summed E-state index contributed by atoms with van der Waals surface area (Å²) in [5, 5.41) is 5.74. The van der Waals surface area contributed by atoms with E-state index in [4.69, 9.17) is 0 Å².